The molecule has 0 spiro atoms. The first-order chi connectivity index (χ1) is 11.1. The van der Waals surface area contributed by atoms with E-state index in [4.69, 9.17) is 0 Å². The van der Waals surface area contributed by atoms with Crippen molar-refractivity contribution in [2.75, 3.05) is 0 Å². The van der Waals surface area contributed by atoms with E-state index in [0.717, 1.165) is 10.6 Å². The second-order valence-corrected chi connectivity index (χ2v) is 8.01. The second kappa shape index (κ2) is 6.55. The summed E-state index contributed by atoms with van der Waals surface area (Å²) in [7, 11) is -4.52. The van der Waals surface area contributed by atoms with Gasteiger partial charge >= 0.3 is 7.12 Å². The van der Waals surface area contributed by atoms with Crippen LogP contribution in [0.4, 0.5) is 0 Å². The smallest absolute Gasteiger partial charge is 0.423 e. The Bertz CT molecular complexity index is 774. The molecule has 23 heavy (non-hydrogen) atoms. The number of hydrogen-bond donors (Lipinski definition) is 2. The van der Waals surface area contributed by atoms with E-state index >= 15 is 0 Å². The lowest BCUT2D eigenvalue weighted by Gasteiger charge is -2.20. The van der Waals surface area contributed by atoms with Gasteiger partial charge in [-0.1, -0.05) is 84.9 Å². The maximum absolute atomic E-state index is 14.0. The SMILES string of the molecule is O=P(c1ccccc1)(c1ccccc1)c1ccc(B(O)O)cc1. The van der Waals surface area contributed by atoms with Gasteiger partial charge in [-0.25, -0.2) is 0 Å². The molecule has 0 radical (unpaired) electrons. The van der Waals surface area contributed by atoms with Crippen LogP contribution in [0.5, 0.6) is 0 Å². The van der Waals surface area contributed by atoms with Crippen LogP contribution in [-0.4, -0.2) is 17.2 Å². The number of hydrogen-bond acceptors (Lipinski definition) is 3. The van der Waals surface area contributed by atoms with Crippen molar-refractivity contribution in [2.24, 2.45) is 0 Å². The normalized spacial score (nSPS) is 11.2. The summed E-state index contributed by atoms with van der Waals surface area (Å²) in [5.41, 5.74) is 0.376. The van der Waals surface area contributed by atoms with Crippen molar-refractivity contribution in [3.05, 3.63) is 84.9 Å². The molecule has 0 aliphatic rings. The van der Waals surface area contributed by atoms with Gasteiger partial charge in [0.15, 0.2) is 7.14 Å². The summed E-state index contributed by atoms with van der Waals surface area (Å²) in [5, 5.41) is 20.6. The van der Waals surface area contributed by atoms with Crippen molar-refractivity contribution in [1.29, 1.82) is 0 Å². The van der Waals surface area contributed by atoms with Crippen molar-refractivity contribution in [3.8, 4) is 0 Å². The van der Waals surface area contributed by atoms with Gasteiger partial charge in [-0.3, -0.25) is 0 Å². The highest BCUT2D eigenvalue weighted by Gasteiger charge is 2.29. The van der Waals surface area contributed by atoms with E-state index in [9.17, 15) is 14.6 Å². The first-order valence-electron chi connectivity index (χ1n) is 7.30. The third kappa shape index (κ3) is 3.02. The molecule has 3 nitrogen and oxygen atoms in total. The van der Waals surface area contributed by atoms with Gasteiger partial charge in [-0.15, -0.1) is 0 Å². The summed E-state index contributed by atoms with van der Waals surface area (Å²) in [4.78, 5) is 0. The summed E-state index contributed by atoms with van der Waals surface area (Å²) in [5.74, 6) is 0. The van der Waals surface area contributed by atoms with Crippen molar-refractivity contribution in [2.45, 2.75) is 0 Å². The summed E-state index contributed by atoms with van der Waals surface area (Å²) >= 11 is 0. The molecule has 0 heterocycles. The van der Waals surface area contributed by atoms with Gasteiger partial charge < -0.3 is 14.6 Å². The van der Waals surface area contributed by atoms with E-state index < -0.39 is 14.3 Å². The molecule has 0 fully saturated rings. The minimum absolute atomic E-state index is 0.376. The predicted octanol–water partition coefficient (Wildman–Crippen LogP) is 1.01. The molecule has 3 aromatic carbocycles. The lowest BCUT2D eigenvalue weighted by Crippen LogP contribution is -2.32. The zero-order valence-electron chi connectivity index (χ0n) is 12.4. The molecule has 0 amide bonds. The molecule has 0 bridgehead atoms. The summed E-state index contributed by atoms with van der Waals surface area (Å²) in [6.07, 6.45) is 0. The maximum atomic E-state index is 14.0. The van der Waals surface area contributed by atoms with Crippen molar-refractivity contribution < 1.29 is 14.6 Å². The van der Waals surface area contributed by atoms with Crippen molar-refractivity contribution in [3.63, 3.8) is 0 Å². The lowest BCUT2D eigenvalue weighted by atomic mass is 9.81. The van der Waals surface area contributed by atoms with E-state index in [0.29, 0.717) is 10.8 Å². The van der Waals surface area contributed by atoms with Gasteiger partial charge in [-0.2, -0.15) is 0 Å². The third-order valence-electron chi connectivity index (χ3n) is 3.79. The summed E-state index contributed by atoms with van der Waals surface area (Å²) in [6.45, 7) is 0. The first kappa shape index (κ1) is 15.8. The summed E-state index contributed by atoms with van der Waals surface area (Å²) < 4.78 is 14.0. The standard InChI is InChI=1S/C18H16BO3P/c20-19(21)15-11-13-18(14-12-15)23(22,16-7-3-1-4-8-16)17-9-5-2-6-10-17/h1-14,20-21H. The number of benzene rings is 3. The minimum Gasteiger partial charge on any atom is -0.423 e. The molecule has 0 aromatic heterocycles. The molecule has 0 aliphatic heterocycles. The van der Waals surface area contributed by atoms with E-state index in [-0.39, 0.29) is 0 Å². The van der Waals surface area contributed by atoms with Crippen LogP contribution in [0.1, 0.15) is 0 Å². The van der Waals surface area contributed by atoms with Gasteiger partial charge in [0.1, 0.15) is 0 Å². The maximum Gasteiger partial charge on any atom is 0.488 e. The van der Waals surface area contributed by atoms with Gasteiger partial charge in [-0.05, 0) is 5.46 Å². The highest BCUT2D eigenvalue weighted by atomic mass is 31.2. The number of rotatable bonds is 4. The van der Waals surface area contributed by atoms with Gasteiger partial charge in [0.2, 0.25) is 0 Å². The van der Waals surface area contributed by atoms with Crippen LogP contribution in [-0.2, 0) is 4.57 Å². The molecule has 0 aliphatic carbocycles. The largest absolute Gasteiger partial charge is 0.488 e. The lowest BCUT2D eigenvalue weighted by molar-refractivity contribution is 0.426. The van der Waals surface area contributed by atoms with Crippen LogP contribution in [0.3, 0.4) is 0 Å². The fourth-order valence-corrected chi connectivity index (χ4v) is 5.23. The molecule has 0 saturated heterocycles. The minimum atomic E-state index is -2.99. The van der Waals surface area contributed by atoms with Crippen LogP contribution in [0, 0.1) is 0 Å². The van der Waals surface area contributed by atoms with Gasteiger partial charge in [0, 0.05) is 15.9 Å². The van der Waals surface area contributed by atoms with Gasteiger partial charge in [0.25, 0.3) is 0 Å². The monoisotopic (exact) mass is 322 g/mol. The third-order valence-corrected chi connectivity index (χ3v) is 6.87. The topological polar surface area (TPSA) is 57.5 Å². The van der Waals surface area contributed by atoms with Crippen LogP contribution < -0.4 is 21.4 Å². The fourth-order valence-electron chi connectivity index (χ4n) is 2.58. The zero-order chi connectivity index (χ0) is 16.3. The molecule has 114 valence electrons. The average molecular weight is 322 g/mol. The molecule has 0 unspecified atom stereocenters. The van der Waals surface area contributed by atoms with Crippen LogP contribution in [0.2, 0.25) is 0 Å². The molecular formula is C18H16BO3P. The molecule has 5 heteroatoms. The van der Waals surface area contributed by atoms with Crippen LogP contribution >= 0.6 is 7.14 Å². The fraction of sp³-hybridized carbons (Fsp3) is 0. The highest BCUT2D eigenvalue weighted by molar-refractivity contribution is 7.85. The second-order valence-electron chi connectivity index (χ2n) is 5.25. The van der Waals surface area contributed by atoms with E-state index in [1.165, 1.54) is 0 Å². The van der Waals surface area contributed by atoms with Crippen LogP contribution in [0.15, 0.2) is 84.9 Å². The Balaban J connectivity index is 2.19. The molecule has 3 rings (SSSR count). The Morgan fingerprint density at radius 2 is 1.00 bits per heavy atom. The molecule has 3 aromatic rings. The highest BCUT2D eigenvalue weighted by Crippen LogP contribution is 2.41. The Kier molecular flexibility index (Phi) is 4.49. The van der Waals surface area contributed by atoms with Crippen molar-refractivity contribution >= 4 is 35.6 Å². The first-order valence-corrected chi connectivity index (χ1v) is 9.01. The van der Waals surface area contributed by atoms with Gasteiger partial charge in [0.05, 0.1) is 0 Å². The predicted molar refractivity (Wildman–Crippen MR) is 95.7 cm³/mol. The average Bonchev–Trinajstić information content (AvgIpc) is 2.62. The Morgan fingerprint density at radius 1 is 0.609 bits per heavy atom. The zero-order valence-corrected chi connectivity index (χ0v) is 13.3. The molecule has 2 N–H and O–H groups in total. The molecular weight excluding hydrogens is 306 g/mol. The Morgan fingerprint density at radius 3 is 1.39 bits per heavy atom. The van der Waals surface area contributed by atoms with Crippen molar-refractivity contribution in [1.82, 2.24) is 0 Å². The van der Waals surface area contributed by atoms with E-state index in [1.54, 1.807) is 24.3 Å². The summed E-state index contributed by atoms with van der Waals surface area (Å²) in [6, 6.07) is 25.3. The van der Waals surface area contributed by atoms with E-state index in [2.05, 4.69) is 0 Å². The molecule has 0 saturated carbocycles. The Hall–Kier alpha value is -2.13. The Labute approximate surface area is 135 Å². The van der Waals surface area contributed by atoms with E-state index in [1.807, 2.05) is 60.7 Å². The quantitative estimate of drug-likeness (QED) is 0.557. The van der Waals surface area contributed by atoms with Crippen LogP contribution in [0.25, 0.3) is 0 Å². The molecule has 0 atom stereocenters.